The zero-order chi connectivity index (χ0) is 15.5. The van der Waals surface area contributed by atoms with Crippen LogP contribution in [-0.2, 0) is 9.59 Å². The Morgan fingerprint density at radius 1 is 1.14 bits per heavy atom. The highest BCUT2D eigenvalue weighted by Gasteiger charge is 2.30. The molecule has 1 aliphatic carbocycles. The molecule has 1 aliphatic heterocycles. The van der Waals surface area contributed by atoms with Crippen LogP contribution in [0, 0.1) is 17.3 Å². The Morgan fingerprint density at radius 2 is 1.90 bits per heavy atom. The zero-order valence-electron chi connectivity index (χ0n) is 13.7. The van der Waals surface area contributed by atoms with Crippen LogP contribution >= 0.6 is 0 Å². The van der Waals surface area contributed by atoms with Crippen LogP contribution in [0.1, 0.15) is 65.7 Å². The Balaban J connectivity index is 1.80. The molecule has 21 heavy (non-hydrogen) atoms. The number of carbonyl (C=O) groups is 2. The van der Waals surface area contributed by atoms with Crippen molar-refractivity contribution in [1.29, 1.82) is 0 Å². The number of rotatable bonds is 2. The van der Waals surface area contributed by atoms with Gasteiger partial charge in [-0.3, -0.25) is 9.59 Å². The molecular weight excluding hydrogens is 264 g/mol. The number of amides is 2. The van der Waals surface area contributed by atoms with Crippen LogP contribution in [0.15, 0.2) is 0 Å². The van der Waals surface area contributed by atoms with Gasteiger partial charge in [0.2, 0.25) is 11.8 Å². The Labute approximate surface area is 128 Å². The minimum absolute atomic E-state index is 0.0376. The second kappa shape index (κ2) is 6.80. The van der Waals surface area contributed by atoms with Gasteiger partial charge in [0.1, 0.15) is 0 Å². The van der Waals surface area contributed by atoms with Crippen molar-refractivity contribution in [2.75, 3.05) is 6.54 Å². The molecule has 4 heteroatoms. The zero-order valence-corrected chi connectivity index (χ0v) is 13.7. The SMILES string of the molecule is CC(C)(C)[C@@H]1CCC[C@@H](NC(=O)[C@@H]2CCC(=O)NC2)CC1. The summed E-state index contributed by atoms with van der Waals surface area (Å²) in [6.45, 7) is 7.46. The Morgan fingerprint density at radius 3 is 2.52 bits per heavy atom. The highest BCUT2D eigenvalue weighted by Crippen LogP contribution is 2.36. The number of hydrogen-bond donors (Lipinski definition) is 2. The highest BCUT2D eigenvalue weighted by atomic mass is 16.2. The van der Waals surface area contributed by atoms with Gasteiger partial charge < -0.3 is 10.6 Å². The standard InChI is InChI=1S/C17H30N2O2/c1-17(2,3)13-5-4-6-14(9-8-13)19-16(21)12-7-10-15(20)18-11-12/h12-14H,4-11H2,1-3H3,(H,18,20)(H,19,21)/t12-,13-,14-/m1/s1. The van der Waals surface area contributed by atoms with Gasteiger partial charge in [-0.05, 0) is 43.4 Å². The first-order valence-corrected chi connectivity index (χ1v) is 8.43. The summed E-state index contributed by atoms with van der Waals surface area (Å²) in [6.07, 6.45) is 7.04. The molecular formula is C17H30N2O2. The first-order chi connectivity index (χ1) is 9.86. The van der Waals surface area contributed by atoms with Crippen molar-refractivity contribution < 1.29 is 9.59 Å². The van der Waals surface area contributed by atoms with Crippen molar-refractivity contribution in [2.24, 2.45) is 17.3 Å². The molecule has 2 aliphatic rings. The topological polar surface area (TPSA) is 58.2 Å². The minimum atomic E-state index is -0.0376. The summed E-state index contributed by atoms with van der Waals surface area (Å²) in [5.41, 5.74) is 0.368. The molecule has 0 aromatic rings. The van der Waals surface area contributed by atoms with E-state index in [-0.39, 0.29) is 17.7 Å². The number of piperidine rings is 1. The van der Waals surface area contributed by atoms with Crippen LogP contribution in [0.3, 0.4) is 0 Å². The van der Waals surface area contributed by atoms with E-state index < -0.39 is 0 Å². The molecule has 0 unspecified atom stereocenters. The van der Waals surface area contributed by atoms with Crippen molar-refractivity contribution >= 4 is 11.8 Å². The fraction of sp³-hybridized carbons (Fsp3) is 0.882. The quantitative estimate of drug-likeness (QED) is 0.769. The molecule has 0 aromatic heterocycles. The van der Waals surface area contributed by atoms with E-state index in [2.05, 4.69) is 31.4 Å². The van der Waals surface area contributed by atoms with Crippen LogP contribution in [0.4, 0.5) is 0 Å². The van der Waals surface area contributed by atoms with Crippen LogP contribution in [-0.4, -0.2) is 24.4 Å². The van der Waals surface area contributed by atoms with E-state index in [0.717, 1.165) is 18.8 Å². The van der Waals surface area contributed by atoms with Gasteiger partial charge >= 0.3 is 0 Å². The van der Waals surface area contributed by atoms with E-state index in [0.29, 0.717) is 30.8 Å². The van der Waals surface area contributed by atoms with Gasteiger partial charge in [-0.1, -0.05) is 27.2 Å². The van der Waals surface area contributed by atoms with Gasteiger partial charge in [-0.25, -0.2) is 0 Å². The molecule has 4 nitrogen and oxygen atoms in total. The Kier molecular flexibility index (Phi) is 5.28. The van der Waals surface area contributed by atoms with Gasteiger partial charge in [-0.2, -0.15) is 0 Å². The van der Waals surface area contributed by atoms with E-state index >= 15 is 0 Å². The van der Waals surface area contributed by atoms with Gasteiger partial charge in [0.25, 0.3) is 0 Å². The average molecular weight is 294 g/mol. The van der Waals surface area contributed by atoms with E-state index in [1.54, 1.807) is 0 Å². The fourth-order valence-electron chi connectivity index (χ4n) is 3.59. The summed E-state index contributed by atoms with van der Waals surface area (Å²) in [6, 6.07) is 0.322. The fourth-order valence-corrected chi connectivity index (χ4v) is 3.59. The third-order valence-corrected chi connectivity index (χ3v) is 5.18. The lowest BCUT2D eigenvalue weighted by Gasteiger charge is -2.30. The van der Waals surface area contributed by atoms with E-state index in [4.69, 9.17) is 0 Å². The van der Waals surface area contributed by atoms with E-state index in [9.17, 15) is 9.59 Å². The highest BCUT2D eigenvalue weighted by molar-refractivity contribution is 5.83. The average Bonchev–Trinajstić information content (AvgIpc) is 2.64. The van der Waals surface area contributed by atoms with Crippen LogP contribution < -0.4 is 10.6 Å². The van der Waals surface area contributed by atoms with E-state index in [1.165, 1.54) is 19.3 Å². The maximum absolute atomic E-state index is 12.3. The maximum Gasteiger partial charge on any atom is 0.225 e. The predicted molar refractivity (Wildman–Crippen MR) is 83.7 cm³/mol. The van der Waals surface area contributed by atoms with Crippen LogP contribution in [0.2, 0.25) is 0 Å². The van der Waals surface area contributed by atoms with Crippen molar-refractivity contribution in [2.45, 2.75) is 71.8 Å². The molecule has 2 fully saturated rings. The maximum atomic E-state index is 12.3. The van der Waals surface area contributed by atoms with Crippen LogP contribution in [0.5, 0.6) is 0 Å². The Hall–Kier alpha value is -1.06. The van der Waals surface area contributed by atoms with Gasteiger partial charge in [-0.15, -0.1) is 0 Å². The molecule has 120 valence electrons. The molecule has 0 aromatic carbocycles. The van der Waals surface area contributed by atoms with Crippen molar-refractivity contribution in [3.05, 3.63) is 0 Å². The second-order valence-electron chi connectivity index (χ2n) is 7.82. The summed E-state index contributed by atoms with van der Waals surface area (Å²) in [4.78, 5) is 23.5. The number of hydrogen-bond acceptors (Lipinski definition) is 2. The van der Waals surface area contributed by atoms with Gasteiger partial charge in [0, 0.05) is 19.0 Å². The second-order valence-corrected chi connectivity index (χ2v) is 7.82. The molecule has 2 rings (SSSR count). The first kappa shape index (κ1) is 16.3. The largest absolute Gasteiger partial charge is 0.355 e. The monoisotopic (exact) mass is 294 g/mol. The van der Waals surface area contributed by atoms with Crippen molar-refractivity contribution in [1.82, 2.24) is 10.6 Å². The molecule has 1 saturated heterocycles. The summed E-state index contributed by atoms with van der Waals surface area (Å²) < 4.78 is 0. The third kappa shape index (κ3) is 4.72. The van der Waals surface area contributed by atoms with Gasteiger partial charge in [0.15, 0.2) is 0 Å². The molecule has 2 N–H and O–H groups in total. The molecule has 0 radical (unpaired) electrons. The molecule has 0 spiro atoms. The summed E-state index contributed by atoms with van der Waals surface area (Å²) in [5.74, 6) is 0.925. The van der Waals surface area contributed by atoms with Crippen molar-refractivity contribution in [3.63, 3.8) is 0 Å². The summed E-state index contributed by atoms with van der Waals surface area (Å²) in [7, 11) is 0. The first-order valence-electron chi connectivity index (χ1n) is 8.43. The number of carbonyl (C=O) groups excluding carboxylic acids is 2. The van der Waals surface area contributed by atoms with Crippen molar-refractivity contribution in [3.8, 4) is 0 Å². The summed E-state index contributed by atoms with van der Waals surface area (Å²) in [5, 5.41) is 6.01. The predicted octanol–water partition coefficient (Wildman–Crippen LogP) is 2.62. The lowest BCUT2D eigenvalue weighted by Crippen LogP contribution is -2.45. The molecule has 2 amide bonds. The normalized spacial score (nSPS) is 31.2. The smallest absolute Gasteiger partial charge is 0.225 e. The third-order valence-electron chi connectivity index (χ3n) is 5.18. The lowest BCUT2D eigenvalue weighted by atomic mass is 9.76. The molecule has 0 bridgehead atoms. The van der Waals surface area contributed by atoms with Crippen LogP contribution in [0.25, 0.3) is 0 Å². The van der Waals surface area contributed by atoms with Gasteiger partial charge in [0.05, 0.1) is 5.92 Å². The molecule has 1 heterocycles. The number of nitrogens with one attached hydrogen (secondary N) is 2. The lowest BCUT2D eigenvalue weighted by molar-refractivity contribution is -0.129. The molecule has 1 saturated carbocycles. The molecule has 3 atom stereocenters. The van der Waals surface area contributed by atoms with E-state index in [1.807, 2.05) is 0 Å². The Bertz CT molecular complexity index is 377. The summed E-state index contributed by atoms with van der Waals surface area (Å²) >= 11 is 0. The minimum Gasteiger partial charge on any atom is -0.355 e.